The topological polar surface area (TPSA) is 115 Å². The van der Waals surface area contributed by atoms with Gasteiger partial charge in [0.15, 0.2) is 11.6 Å². The molecule has 3 aromatic rings. The Labute approximate surface area is 156 Å². The van der Waals surface area contributed by atoms with E-state index in [0.717, 1.165) is 23.9 Å². The molecule has 27 heavy (non-hydrogen) atoms. The molecule has 2 bridgehead atoms. The molecule has 2 saturated carbocycles. The van der Waals surface area contributed by atoms with E-state index in [1.54, 1.807) is 6.07 Å². The Morgan fingerprint density at radius 3 is 2.74 bits per heavy atom. The number of rotatable bonds is 4. The molecular formula is C19H22N3O4P. The number of imidazole rings is 1. The van der Waals surface area contributed by atoms with Crippen molar-refractivity contribution in [3.63, 3.8) is 0 Å². The van der Waals surface area contributed by atoms with E-state index in [2.05, 4.69) is 9.55 Å². The molecule has 0 aliphatic heterocycles. The highest BCUT2D eigenvalue weighted by Gasteiger charge is 2.40. The first kappa shape index (κ1) is 17.0. The van der Waals surface area contributed by atoms with Crippen LogP contribution < -0.4 is 11.2 Å². The SMILES string of the molecule is Nc1cccc2c1nc(-c1ccc(P(=O)(O)O)o1)n2CC1C[C@@H]2CC[C@H]1C2. The van der Waals surface area contributed by atoms with Gasteiger partial charge >= 0.3 is 7.60 Å². The average molecular weight is 387 g/mol. The molecular weight excluding hydrogens is 365 g/mol. The first-order valence-electron chi connectivity index (χ1n) is 9.31. The molecule has 2 aromatic heterocycles. The van der Waals surface area contributed by atoms with E-state index in [-0.39, 0.29) is 5.50 Å². The number of benzene rings is 1. The van der Waals surface area contributed by atoms with Gasteiger partial charge in [-0.15, -0.1) is 0 Å². The van der Waals surface area contributed by atoms with E-state index in [1.807, 2.05) is 18.2 Å². The lowest BCUT2D eigenvalue weighted by Gasteiger charge is -2.23. The van der Waals surface area contributed by atoms with Crippen LogP contribution in [0.1, 0.15) is 25.7 Å². The molecule has 2 aliphatic carbocycles. The van der Waals surface area contributed by atoms with Crippen LogP contribution in [0.5, 0.6) is 0 Å². The van der Waals surface area contributed by atoms with Gasteiger partial charge in [-0.05, 0) is 61.3 Å². The number of nitrogens with two attached hydrogens (primary N) is 1. The summed E-state index contributed by atoms with van der Waals surface area (Å²) in [5.74, 6) is 3.12. The second-order valence-corrected chi connectivity index (χ2v) is 9.41. The van der Waals surface area contributed by atoms with Gasteiger partial charge in [-0.3, -0.25) is 4.57 Å². The minimum Gasteiger partial charge on any atom is -0.445 e. The third-order valence-electron chi connectivity index (χ3n) is 6.21. The van der Waals surface area contributed by atoms with Crippen LogP contribution in [-0.4, -0.2) is 19.3 Å². The van der Waals surface area contributed by atoms with Gasteiger partial charge in [0.25, 0.3) is 0 Å². The summed E-state index contributed by atoms with van der Waals surface area (Å²) in [7, 11) is -4.44. The van der Waals surface area contributed by atoms with Crippen LogP contribution in [0, 0.1) is 17.8 Å². The molecule has 5 rings (SSSR count). The molecule has 0 saturated heterocycles. The highest BCUT2D eigenvalue weighted by atomic mass is 31.2. The van der Waals surface area contributed by atoms with E-state index in [0.29, 0.717) is 28.7 Å². The monoisotopic (exact) mass is 387 g/mol. The van der Waals surface area contributed by atoms with Crippen molar-refractivity contribution in [1.29, 1.82) is 0 Å². The van der Waals surface area contributed by atoms with Gasteiger partial charge in [-0.25, -0.2) is 4.98 Å². The van der Waals surface area contributed by atoms with Crippen LogP contribution in [0.15, 0.2) is 34.7 Å². The van der Waals surface area contributed by atoms with Gasteiger partial charge in [0, 0.05) is 6.54 Å². The fraction of sp³-hybridized carbons (Fsp3) is 0.421. The standard InChI is InChI=1S/C19H22N3O4P/c20-14-2-1-3-15-18(14)21-19(16-6-7-17(26-16)27(23,24)25)22(15)10-13-9-11-4-5-12(13)8-11/h1-3,6-7,11-13H,4-5,8-10,20H2,(H2,23,24,25)/t11-,12+,13?/m1/s1. The van der Waals surface area contributed by atoms with Gasteiger partial charge < -0.3 is 24.5 Å². The van der Waals surface area contributed by atoms with E-state index >= 15 is 0 Å². The number of furan rings is 1. The lowest BCUT2D eigenvalue weighted by atomic mass is 9.88. The number of aromatic nitrogens is 2. The maximum Gasteiger partial charge on any atom is 0.391 e. The van der Waals surface area contributed by atoms with E-state index < -0.39 is 7.60 Å². The fourth-order valence-electron chi connectivity index (χ4n) is 4.98. The molecule has 142 valence electrons. The quantitative estimate of drug-likeness (QED) is 0.468. The van der Waals surface area contributed by atoms with Crippen molar-refractivity contribution in [2.75, 3.05) is 5.73 Å². The van der Waals surface area contributed by atoms with Crippen molar-refractivity contribution in [3.05, 3.63) is 30.3 Å². The Morgan fingerprint density at radius 2 is 2.07 bits per heavy atom. The van der Waals surface area contributed by atoms with E-state index in [9.17, 15) is 14.4 Å². The van der Waals surface area contributed by atoms with Crippen LogP contribution in [0.4, 0.5) is 5.69 Å². The Bertz CT molecular complexity index is 1070. The normalized spacial score (nSPS) is 24.9. The highest BCUT2D eigenvalue weighted by Crippen LogP contribution is 2.49. The summed E-state index contributed by atoms with van der Waals surface area (Å²) in [5.41, 5.74) is 8.00. The van der Waals surface area contributed by atoms with Crippen LogP contribution in [-0.2, 0) is 11.1 Å². The maximum atomic E-state index is 11.5. The zero-order chi connectivity index (χ0) is 18.8. The Morgan fingerprint density at radius 1 is 1.22 bits per heavy atom. The molecule has 0 spiro atoms. The summed E-state index contributed by atoms with van der Waals surface area (Å²) in [5, 5.41) is 0. The van der Waals surface area contributed by atoms with Crippen molar-refractivity contribution in [3.8, 4) is 11.6 Å². The summed E-state index contributed by atoms with van der Waals surface area (Å²) in [6.45, 7) is 0.822. The maximum absolute atomic E-state index is 11.5. The van der Waals surface area contributed by atoms with Crippen molar-refractivity contribution < 1.29 is 18.8 Å². The number of fused-ring (bicyclic) bond motifs is 3. The van der Waals surface area contributed by atoms with Gasteiger partial charge in [-0.1, -0.05) is 12.5 Å². The van der Waals surface area contributed by atoms with E-state index in [4.69, 9.17) is 10.2 Å². The molecule has 2 aliphatic rings. The third-order valence-corrected chi connectivity index (χ3v) is 7.03. The molecule has 4 N–H and O–H groups in total. The Balaban J connectivity index is 1.61. The smallest absolute Gasteiger partial charge is 0.391 e. The van der Waals surface area contributed by atoms with Crippen LogP contribution >= 0.6 is 7.60 Å². The Hall–Kier alpha value is -2.08. The zero-order valence-electron chi connectivity index (χ0n) is 14.8. The summed E-state index contributed by atoms with van der Waals surface area (Å²) < 4.78 is 19.1. The third kappa shape index (κ3) is 2.81. The minimum atomic E-state index is -4.44. The van der Waals surface area contributed by atoms with E-state index in [1.165, 1.54) is 31.7 Å². The van der Waals surface area contributed by atoms with Gasteiger partial charge in [0.05, 0.1) is 11.2 Å². The molecule has 2 fully saturated rings. The van der Waals surface area contributed by atoms with Crippen molar-refractivity contribution in [1.82, 2.24) is 9.55 Å². The number of nitrogen functional groups attached to an aromatic ring is 1. The second kappa shape index (κ2) is 5.96. The predicted molar refractivity (Wildman–Crippen MR) is 102 cm³/mol. The molecule has 0 radical (unpaired) electrons. The molecule has 1 aromatic carbocycles. The second-order valence-electron chi connectivity index (χ2n) is 7.88. The predicted octanol–water partition coefficient (Wildman–Crippen LogP) is 3.12. The Kier molecular flexibility index (Phi) is 3.76. The number of anilines is 1. The first-order chi connectivity index (χ1) is 12.9. The van der Waals surface area contributed by atoms with Crippen molar-refractivity contribution in [2.24, 2.45) is 17.8 Å². The summed E-state index contributed by atoms with van der Waals surface area (Å²) in [6.07, 6.45) is 5.19. The fourth-order valence-corrected chi connectivity index (χ4v) is 5.47. The van der Waals surface area contributed by atoms with Gasteiger partial charge in [0.2, 0.25) is 5.50 Å². The molecule has 8 heteroatoms. The number of para-hydroxylation sites is 1. The highest BCUT2D eigenvalue weighted by molar-refractivity contribution is 7.59. The average Bonchev–Trinajstić information content (AvgIpc) is 3.38. The molecule has 7 nitrogen and oxygen atoms in total. The van der Waals surface area contributed by atoms with Crippen LogP contribution in [0.3, 0.4) is 0 Å². The number of nitrogens with zero attached hydrogens (tertiary/aromatic N) is 2. The molecule has 1 unspecified atom stereocenters. The minimum absolute atomic E-state index is 0.344. The molecule has 0 amide bonds. The summed E-state index contributed by atoms with van der Waals surface area (Å²) >= 11 is 0. The largest absolute Gasteiger partial charge is 0.445 e. The summed E-state index contributed by atoms with van der Waals surface area (Å²) in [4.78, 5) is 23.4. The van der Waals surface area contributed by atoms with Crippen LogP contribution in [0.25, 0.3) is 22.6 Å². The lowest BCUT2D eigenvalue weighted by molar-refractivity contribution is 0.299. The summed E-state index contributed by atoms with van der Waals surface area (Å²) in [6, 6.07) is 8.60. The number of hydrogen-bond donors (Lipinski definition) is 3. The van der Waals surface area contributed by atoms with Crippen LogP contribution in [0.2, 0.25) is 0 Å². The van der Waals surface area contributed by atoms with Crippen molar-refractivity contribution in [2.45, 2.75) is 32.2 Å². The zero-order valence-corrected chi connectivity index (χ0v) is 15.7. The first-order valence-corrected chi connectivity index (χ1v) is 10.9. The van der Waals surface area contributed by atoms with Gasteiger partial charge in [0.1, 0.15) is 5.52 Å². The number of hydrogen-bond acceptors (Lipinski definition) is 4. The lowest BCUT2D eigenvalue weighted by Crippen LogP contribution is -2.17. The van der Waals surface area contributed by atoms with Gasteiger partial charge in [-0.2, -0.15) is 0 Å². The molecule has 2 heterocycles. The van der Waals surface area contributed by atoms with Crippen molar-refractivity contribution >= 4 is 29.8 Å². The molecule has 3 atom stereocenters.